The summed E-state index contributed by atoms with van der Waals surface area (Å²) in [4.78, 5) is 11.5. The molecule has 0 unspecified atom stereocenters. The lowest BCUT2D eigenvalue weighted by Gasteiger charge is -2.09. The van der Waals surface area contributed by atoms with E-state index in [1.165, 1.54) is 0 Å². The van der Waals surface area contributed by atoms with Gasteiger partial charge in [0.25, 0.3) is 0 Å². The van der Waals surface area contributed by atoms with E-state index in [0.29, 0.717) is 0 Å². The van der Waals surface area contributed by atoms with Crippen molar-refractivity contribution in [2.24, 2.45) is 10.8 Å². The second-order valence-corrected chi connectivity index (χ2v) is 5.80. The summed E-state index contributed by atoms with van der Waals surface area (Å²) in [6.45, 7) is 12.8. The number of amides is 1. The molecular formula is C12H23NO2. The molecule has 1 amide bonds. The zero-order valence-electron chi connectivity index (χ0n) is 10.7. The normalized spacial score (nSPS) is 22.9. The molecule has 0 spiro atoms. The van der Waals surface area contributed by atoms with Gasteiger partial charge in [0.2, 0.25) is 5.91 Å². The Morgan fingerprint density at radius 2 is 1.73 bits per heavy atom. The molecule has 0 heterocycles. The lowest BCUT2D eigenvalue weighted by molar-refractivity contribution is -0.127. The van der Waals surface area contributed by atoms with Gasteiger partial charge in [0, 0.05) is 6.04 Å². The molecule has 0 aromatic heterocycles. The first-order chi connectivity index (χ1) is 6.69. The van der Waals surface area contributed by atoms with Crippen LogP contribution in [0.5, 0.6) is 0 Å². The molecule has 1 saturated carbocycles. The summed E-state index contributed by atoms with van der Waals surface area (Å²) in [5, 5.41) is 3.03. The molecule has 1 aliphatic rings. The molecule has 0 saturated heterocycles. The van der Waals surface area contributed by atoms with Crippen LogP contribution in [-0.4, -0.2) is 24.7 Å². The summed E-state index contributed by atoms with van der Waals surface area (Å²) >= 11 is 0. The van der Waals surface area contributed by atoms with Crippen molar-refractivity contribution < 1.29 is 9.53 Å². The Kier molecular flexibility index (Phi) is 3.15. The topological polar surface area (TPSA) is 38.3 Å². The highest BCUT2D eigenvalue weighted by atomic mass is 16.5. The van der Waals surface area contributed by atoms with Gasteiger partial charge < -0.3 is 10.1 Å². The first kappa shape index (κ1) is 12.5. The second-order valence-electron chi connectivity index (χ2n) is 5.80. The first-order valence-electron chi connectivity index (χ1n) is 5.60. The van der Waals surface area contributed by atoms with E-state index in [2.05, 4.69) is 33.0 Å². The van der Waals surface area contributed by atoms with Crippen LogP contribution in [0.1, 0.15) is 41.5 Å². The van der Waals surface area contributed by atoms with Crippen LogP contribution in [0.2, 0.25) is 0 Å². The molecule has 0 aliphatic heterocycles. The minimum atomic E-state index is -0.00708. The smallest absolute Gasteiger partial charge is 0.246 e. The van der Waals surface area contributed by atoms with Gasteiger partial charge in [0.05, 0.1) is 6.10 Å². The van der Waals surface area contributed by atoms with Crippen LogP contribution in [-0.2, 0) is 9.53 Å². The SMILES string of the molecule is CC(C)OCC(=O)NC1C(C)(C)C1(C)C. The van der Waals surface area contributed by atoms with Crippen molar-refractivity contribution in [1.29, 1.82) is 0 Å². The van der Waals surface area contributed by atoms with E-state index in [-0.39, 0.29) is 35.5 Å². The average Bonchev–Trinajstić information content (AvgIpc) is 2.44. The maximum absolute atomic E-state index is 11.5. The second kappa shape index (κ2) is 3.78. The zero-order valence-corrected chi connectivity index (χ0v) is 10.7. The van der Waals surface area contributed by atoms with Gasteiger partial charge in [-0.3, -0.25) is 4.79 Å². The van der Waals surface area contributed by atoms with E-state index in [1.54, 1.807) is 0 Å². The maximum atomic E-state index is 11.5. The fraction of sp³-hybridized carbons (Fsp3) is 0.917. The molecule has 0 bridgehead atoms. The highest BCUT2D eigenvalue weighted by Crippen LogP contribution is 2.62. The maximum Gasteiger partial charge on any atom is 0.246 e. The molecule has 0 aromatic rings. The summed E-state index contributed by atoms with van der Waals surface area (Å²) < 4.78 is 5.26. The van der Waals surface area contributed by atoms with E-state index in [0.717, 1.165) is 0 Å². The van der Waals surface area contributed by atoms with Crippen LogP contribution in [0.3, 0.4) is 0 Å². The summed E-state index contributed by atoms with van der Waals surface area (Å²) in [6, 6.07) is 0.272. The number of hydrogen-bond donors (Lipinski definition) is 1. The molecule has 1 fully saturated rings. The molecule has 0 radical (unpaired) electrons. The quantitative estimate of drug-likeness (QED) is 0.775. The molecule has 3 heteroatoms. The minimum absolute atomic E-state index is 0.00708. The third-order valence-corrected chi connectivity index (χ3v) is 3.87. The van der Waals surface area contributed by atoms with Gasteiger partial charge in [-0.2, -0.15) is 0 Å². The average molecular weight is 213 g/mol. The van der Waals surface area contributed by atoms with Crippen molar-refractivity contribution in [1.82, 2.24) is 5.32 Å². The fourth-order valence-corrected chi connectivity index (χ4v) is 2.00. The Morgan fingerprint density at radius 3 is 2.07 bits per heavy atom. The van der Waals surface area contributed by atoms with Crippen molar-refractivity contribution in [2.75, 3.05) is 6.61 Å². The van der Waals surface area contributed by atoms with Gasteiger partial charge >= 0.3 is 0 Å². The first-order valence-corrected chi connectivity index (χ1v) is 5.60. The standard InChI is InChI=1S/C12H23NO2/c1-8(2)15-7-9(14)13-10-11(3,4)12(10,5)6/h8,10H,7H2,1-6H3,(H,13,14). The Bertz CT molecular complexity index is 242. The number of carbonyl (C=O) groups excluding carboxylic acids is 1. The van der Waals surface area contributed by atoms with Crippen molar-refractivity contribution in [2.45, 2.75) is 53.7 Å². The van der Waals surface area contributed by atoms with Crippen LogP contribution < -0.4 is 5.32 Å². The molecule has 1 aliphatic carbocycles. The summed E-state index contributed by atoms with van der Waals surface area (Å²) in [7, 11) is 0. The molecule has 3 nitrogen and oxygen atoms in total. The molecule has 0 aromatic carbocycles. The molecule has 15 heavy (non-hydrogen) atoms. The lowest BCUT2D eigenvalue weighted by Crippen LogP contribution is -2.33. The monoisotopic (exact) mass is 213 g/mol. The Hall–Kier alpha value is -0.570. The number of rotatable bonds is 4. The molecule has 0 atom stereocenters. The molecule has 1 N–H and O–H groups in total. The third-order valence-electron chi connectivity index (χ3n) is 3.87. The van der Waals surface area contributed by atoms with Crippen LogP contribution in [0.25, 0.3) is 0 Å². The molecule has 1 rings (SSSR count). The highest BCUT2D eigenvalue weighted by Gasteiger charge is 2.65. The van der Waals surface area contributed by atoms with Crippen LogP contribution in [0.15, 0.2) is 0 Å². The van der Waals surface area contributed by atoms with Gasteiger partial charge in [-0.1, -0.05) is 27.7 Å². The van der Waals surface area contributed by atoms with Crippen LogP contribution >= 0.6 is 0 Å². The zero-order chi connectivity index (χ0) is 11.9. The number of ether oxygens (including phenoxy) is 1. The number of nitrogens with one attached hydrogen (secondary N) is 1. The predicted octanol–water partition coefficient (Wildman–Crippen LogP) is 1.96. The Labute approximate surface area is 92.6 Å². The Morgan fingerprint density at radius 1 is 1.27 bits per heavy atom. The predicted molar refractivity (Wildman–Crippen MR) is 60.6 cm³/mol. The van der Waals surface area contributed by atoms with Crippen molar-refractivity contribution in [3.8, 4) is 0 Å². The molecule has 88 valence electrons. The van der Waals surface area contributed by atoms with E-state index in [9.17, 15) is 4.79 Å². The van der Waals surface area contributed by atoms with E-state index in [1.807, 2.05) is 13.8 Å². The lowest BCUT2D eigenvalue weighted by atomic mass is 10.0. The summed E-state index contributed by atoms with van der Waals surface area (Å²) in [6.07, 6.45) is 0.107. The van der Waals surface area contributed by atoms with Gasteiger partial charge in [-0.25, -0.2) is 0 Å². The largest absolute Gasteiger partial charge is 0.369 e. The van der Waals surface area contributed by atoms with E-state index >= 15 is 0 Å². The van der Waals surface area contributed by atoms with E-state index in [4.69, 9.17) is 4.74 Å². The van der Waals surface area contributed by atoms with Gasteiger partial charge in [-0.05, 0) is 24.7 Å². The van der Waals surface area contributed by atoms with Crippen molar-refractivity contribution in [3.63, 3.8) is 0 Å². The third kappa shape index (κ3) is 2.33. The van der Waals surface area contributed by atoms with Gasteiger partial charge in [0.1, 0.15) is 6.61 Å². The number of hydrogen-bond acceptors (Lipinski definition) is 2. The number of carbonyl (C=O) groups is 1. The Balaban J connectivity index is 2.36. The fourth-order valence-electron chi connectivity index (χ4n) is 2.00. The van der Waals surface area contributed by atoms with Crippen molar-refractivity contribution in [3.05, 3.63) is 0 Å². The van der Waals surface area contributed by atoms with Gasteiger partial charge in [0.15, 0.2) is 0 Å². The molecular weight excluding hydrogens is 190 g/mol. The summed E-state index contributed by atoms with van der Waals surface area (Å²) in [5.74, 6) is -0.00708. The van der Waals surface area contributed by atoms with Gasteiger partial charge in [-0.15, -0.1) is 0 Å². The van der Waals surface area contributed by atoms with Crippen LogP contribution in [0, 0.1) is 10.8 Å². The van der Waals surface area contributed by atoms with Crippen molar-refractivity contribution >= 4 is 5.91 Å². The minimum Gasteiger partial charge on any atom is -0.369 e. The summed E-state index contributed by atoms with van der Waals surface area (Å²) in [5.41, 5.74) is 0.390. The van der Waals surface area contributed by atoms with E-state index < -0.39 is 0 Å². The van der Waals surface area contributed by atoms with Crippen LogP contribution in [0.4, 0.5) is 0 Å². The highest BCUT2D eigenvalue weighted by molar-refractivity contribution is 5.78.